The Bertz CT molecular complexity index is 1330. The number of halogens is 2. The monoisotopic (exact) mass is 530 g/mol. The predicted octanol–water partition coefficient (Wildman–Crippen LogP) is 3.01. The first-order chi connectivity index (χ1) is 16.1. The zero-order valence-corrected chi connectivity index (χ0v) is 19.2. The van der Waals surface area contributed by atoms with E-state index in [1.54, 1.807) is 30.3 Å². The highest BCUT2D eigenvalue weighted by molar-refractivity contribution is 9.10. The van der Waals surface area contributed by atoms with Crippen LogP contribution in [0.5, 0.6) is 0 Å². The number of aromatic nitrogens is 1. The van der Waals surface area contributed by atoms with Crippen molar-refractivity contribution in [2.24, 2.45) is 11.5 Å². The topological polar surface area (TPSA) is 153 Å². The SMILES string of the molecule is NC(=O)c1cc(Br)cc(NC(=O)[C@@H]2C[C@@H](F)CN2C(=O)Nc2cn(C(N)=O)c3ccccc23)c1. The molecule has 2 heterocycles. The highest BCUT2D eigenvalue weighted by Gasteiger charge is 2.40. The standard InChI is InChI=1S/C22H20BrFN6O4/c23-12-5-11(19(25)31)6-14(7-12)27-20(32)18-8-13(24)9-30(18)22(34)28-16-10-29(21(26)33)17-4-2-1-3-15(16)17/h1-7,10,13,18H,8-9H2,(H2,25,31)(H2,26,33)(H,27,32)(H,28,34)/t13-,18+/m1/s1. The second-order valence-corrected chi connectivity index (χ2v) is 8.70. The number of anilines is 2. The van der Waals surface area contributed by atoms with Crippen molar-refractivity contribution < 1.29 is 23.6 Å². The van der Waals surface area contributed by atoms with Gasteiger partial charge in [0.15, 0.2) is 0 Å². The molecule has 0 spiro atoms. The molecule has 1 aliphatic rings. The first-order valence-electron chi connectivity index (χ1n) is 10.2. The maximum absolute atomic E-state index is 14.3. The third kappa shape index (κ3) is 4.57. The fraction of sp³-hybridized carbons (Fsp3) is 0.182. The fourth-order valence-corrected chi connectivity index (χ4v) is 4.43. The lowest BCUT2D eigenvalue weighted by atomic mass is 10.1. The first kappa shape index (κ1) is 23.2. The summed E-state index contributed by atoms with van der Waals surface area (Å²) in [6, 6.07) is 8.69. The van der Waals surface area contributed by atoms with Gasteiger partial charge in [0.1, 0.15) is 12.2 Å². The lowest BCUT2D eigenvalue weighted by Crippen LogP contribution is -2.45. The molecule has 12 heteroatoms. The Morgan fingerprint density at radius 1 is 1.06 bits per heavy atom. The van der Waals surface area contributed by atoms with E-state index in [4.69, 9.17) is 11.5 Å². The molecule has 5 amide bonds. The molecular weight excluding hydrogens is 511 g/mol. The number of carbonyl (C=O) groups is 4. The maximum Gasteiger partial charge on any atom is 0.323 e. The van der Waals surface area contributed by atoms with E-state index < -0.39 is 36.1 Å². The van der Waals surface area contributed by atoms with Crippen LogP contribution in [0.4, 0.5) is 25.4 Å². The van der Waals surface area contributed by atoms with Crippen molar-refractivity contribution in [3.8, 4) is 0 Å². The number of carbonyl (C=O) groups excluding carboxylic acids is 4. The molecule has 2 aromatic carbocycles. The summed E-state index contributed by atoms with van der Waals surface area (Å²) < 4.78 is 16.0. The average Bonchev–Trinajstić information content (AvgIpc) is 3.34. The number of alkyl halides is 1. The fourth-order valence-electron chi connectivity index (χ4n) is 3.94. The van der Waals surface area contributed by atoms with E-state index in [1.165, 1.54) is 22.9 Å². The third-order valence-corrected chi connectivity index (χ3v) is 5.91. The van der Waals surface area contributed by atoms with Crippen molar-refractivity contribution in [3.05, 3.63) is 58.7 Å². The van der Waals surface area contributed by atoms with Crippen LogP contribution in [-0.4, -0.2) is 52.1 Å². The number of urea groups is 1. The summed E-state index contributed by atoms with van der Waals surface area (Å²) in [5.41, 5.74) is 11.9. The number of nitrogens with one attached hydrogen (secondary N) is 2. The summed E-state index contributed by atoms with van der Waals surface area (Å²) in [4.78, 5) is 50.3. The summed E-state index contributed by atoms with van der Waals surface area (Å²) in [7, 11) is 0. The van der Waals surface area contributed by atoms with E-state index in [0.29, 0.717) is 21.1 Å². The molecule has 3 aromatic rings. The summed E-state index contributed by atoms with van der Waals surface area (Å²) in [5.74, 6) is -1.30. The number of para-hydroxylation sites is 1. The van der Waals surface area contributed by atoms with E-state index in [1.807, 2.05) is 0 Å². The van der Waals surface area contributed by atoms with Crippen molar-refractivity contribution in [2.45, 2.75) is 18.6 Å². The van der Waals surface area contributed by atoms with Gasteiger partial charge in [-0.3, -0.25) is 14.2 Å². The molecule has 4 rings (SSSR count). The number of fused-ring (bicyclic) bond motifs is 1. The number of hydrogen-bond acceptors (Lipinski definition) is 4. The Morgan fingerprint density at radius 3 is 2.50 bits per heavy atom. The van der Waals surface area contributed by atoms with Crippen LogP contribution in [0.3, 0.4) is 0 Å². The molecule has 2 atom stereocenters. The smallest absolute Gasteiger partial charge is 0.323 e. The molecule has 34 heavy (non-hydrogen) atoms. The van der Waals surface area contributed by atoms with Gasteiger partial charge >= 0.3 is 12.1 Å². The lowest BCUT2D eigenvalue weighted by molar-refractivity contribution is -0.119. The summed E-state index contributed by atoms with van der Waals surface area (Å²) in [6.45, 7) is -0.288. The van der Waals surface area contributed by atoms with Crippen molar-refractivity contribution in [2.75, 3.05) is 17.2 Å². The van der Waals surface area contributed by atoms with E-state index in [0.717, 1.165) is 4.90 Å². The molecule has 0 saturated carbocycles. The van der Waals surface area contributed by atoms with Gasteiger partial charge in [-0.05, 0) is 24.3 Å². The number of likely N-dealkylation sites (tertiary alicyclic amines) is 1. The number of hydrogen-bond donors (Lipinski definition) is 4. The van der Waals surface area contributed by atoms with Crippen LogP contribution in [0, 0.1) is 0 Å². The molecule has 176 valence electrons. The molecule has 1 saturated heterocycles. The van der Waals surface area contributed by atoms with Gasteiger partial charge in [-0.25, -0.2) is 14.0 Å². The van der Waals surface area contributed by atoms with Crippen LogP contribution in [-0.2, 0) is 4.79 Å². The van der Waals surface area contributed by atoms with Gasteiger partial charge in [-0.2, -0.15) is 0 Å². The molecule has 0 bridgehead atoms. The molecule has 6 N–H and O–H groups in total. The van der Waals surface area contributed by atoms with Crippen LogP contribution >= 0.6 is 15.9 Å². The largest absolute Gasteiger partial charge is 0.366 e. The number of primary amides is 2. The van der Waals surface area contributed by atoms with Crippen molar-refractivity contribution in [1.29, 1.82) is 0 Å². The van der Waals surface area contributed by atoms with E-state index in [9.17, 15) is 23.6 Å². The lowest BCUT2D eigenvalue weighted by Gasteiger charge is -2.24. The van der Waals surface area contributed by atoms with Crippen molar-refractivity contribution in [3.63, 3.8) is 0 Å². The van der Waals surface area contributed by atoms with E-state index >= 15 is 0 Å². The predicted molar refractivity (Wildman–Crippen MR) is 127 cm³/mol. The minimum atomic E-state index is -1.41. The summed E-state index contributed by atoms with van der Waals surface area (Å²) >= 11 is 3.24. The minimum absolute atomic E-state index is 0.167. The molecule has 10 nitrogen and oxygen atoms in total. The normalized spacial score (nSPS) is 17.5. The highest BCUT2D eigenvalue weighted by atomic mass is 79.9. The zero-order valence-electron chi connectivity index (χ0n) is 17.6. The number of benzene rings is 2. The summed E-state index contributed by atoms with van der Waals surface area (Å²) in [6.07, 6.45) is -0.230. The van der Waals surface area contributed by atoms with E-state index in [2.05, 4.69) is 26.6 Å². The average molecular weight is 531 g/mol. The Kier molecular flexibility index (Phi) is 6.24. The second kappa shape index (κ2) is 9.14. The molecule has 1 aromatic heterocycles. The van der Waals surface area contributed by atoms with Gasteiger partial charge in [0.25, 0.3) is 0 Å². The van der Waals surface area contributed by atoms with Crippen LogP contribution in [0.2, 0.25) is 0 Å². The van der Waals surface area contributed by atoms with E-state index in [-0.39, 0.29) is 24.2 Å². The Hall–Kier alpha value is -3.93. The molecule has 1 aliphatic heterocycles. The molecule has 1 fully saturated rings. The van der Waals surface area contributed by atoms with Crippen LogP contribution < -0.4 is 22.1 Å². The summed E-state index contributed by atoms with van der Waals surface area (Å²) in [5, 5.41) is 5.81. The Morgan fingerprint density at radius 2 is 1.79 bits per heavy atom. The van der Waals surface area contributed by atoms with Gasteiger partial charge in [0, 0.05) is 33.7 Å². The van der Waals surface area contributed by atoms with Crippen molar-refractivity contribution in [1.82, 2.24) is 9.47 Å². The van der Waals surface area contributed by atoms with Crippen molar-refractivity contribution >= 4 is 62.1 Å². The molecule has 0 aliphatic carbocycles. The number of nitrogens with zero attached hydrogens (tertiary/aromatic N) is 2. The zero-order chi connectivity index (χ0) is 24.6. The quantitative estimate of drug-likeness (QED) is 0.409. The van der Waals surface area contributed by atoms with Gasteiger partial charge in [-0.1, -0.05) is 34.1 Å². The van der Waals surface area contributed by atoms with Gasteiger partial charge in [0.05, 0.1) is 17.7 Å². The number of nitrogens with two attached hydrogens (primary N) is 2. The maximum atomic E-state index is 14.3. The van der Waals surface area contributed by atoms with Gasteiger partial charge in [0.2, 0.25) is 11.8 Å². The molecule has 0 unspecified atom stereocenters. The first-order valence-corrected chi connectivity index (χ1v) is 11.0. The Labute approximate surface area is 201 Å². The third-order valence-electron chi connectivity index (χ3n) is 5.45. The van der Waals surface area contributed by atoms with Gasteiger partial charge < -0.3 is 27.0 Å². The highest BCUT2D eigenvalue weighted by Crippen LogP contribution is 2.28. The van der Waals surface area contributed by atoms with Gasteiger partial charge in [-0.15, -0.1) is 0 Å². The Balaban J connectivity index is 1.56. The number of amides is 5. The number of rotatable bonds is 4. The molecular formula is C22H20BrFN6O4. The molecule has 0 radical (unpaired) electrons. The van der Waals surface area contributed by atoms with Crippen LogP contribution in [0.25, 0.3) is 10.9 Å². The van der Waals surface area contributed by atoms with Crippen LogP contribution in [0.15, 0.2) is 53.1 Å². The van der Waals surface area contributed by atoms with Crippen LogP contribution in [0.1, 0.15) is 16.8 Å². The minimum Gasteiger partial charge on any atom is -0.366 e. The second-order valence-electron chi connectivity index (χ2n) is 7.78.